The predicted octanol–water partition coefficient (Wildman–Crippen LogP) is -0.828. The number of nitrogens with two attached hydrogens (primary N) is 1. The van der Waals surface area contributed by atoms with Crippen molar-refractivity contribution in [1.29, 1.82) is 0 Å². The SMILES string of the molecule is CN1CCN(c2cc(-c3nc4n(n3)CCNC4)nc(N)n2)CC1. The molecule has 2 aliphatic rings. The van der Waals surface area contributed by atoms with Crippen LogP contribution in [0.25, 0.3) is 11.5 Å². The Bertz CT molecular complexity index is 679. The van der Waals surface area contributed by atoms with Gasteiger partial charge in [0.25, 0.3) is 0 Å². The second kappa shape index (κ2) is 5.74. The lowest BCUT2D eigenvalue weighted by atomic mass is 10.3. The summed E-state index contributed by atoms with van der Waals surface area (Å²) in [4.78, 5) is 17.8. The van der Waals surface area contributed by atoms with Gasteiger partial charge in [0.15, 0.2) is 5.82 Å². The van der Waals surface area contributed by atoms with Crippen molar-refractivity contribution in [3.63, 3.8) is 0 Å². The fourth-order valence-corrected chi connectivity index (χ4v) is 2.94. The van der Waals surface area contributed by atoms with E-state index in [4.69, 9.17) is 5.73 Å². The van der Waals surface area contributed by atoms with E-state index in [0.717, 1.165) is 57.5 Å². The summed E-state index contributed by atoms with van der Waals surface area (Å²) in [5, 5.41) is 7.84. The average molecular weight is 315 g/mol. The first-order valence-corrected chi connectivity index (χ1v) is 7.92. The molecule has 0 saturated carbocycles. The topological polar surface area (TPSA) is 101 Å². The molecule has 4 rings (SSSR count). The third kappa shape index (κ3) is 2.84. The Morgan fingerprint density at radius 2 is 1.91 bits per heavy atom. The van der Waals surface area contributed by atoms with Crippen LogP contribution in [0.3, 0.4) is 0 Å². The number of aromatic nitrogens is 5. The Balaban J connectivity index is 1.65. The van der Waals surface area contributed by atoms with Crippen LogP contribution in [0.15, 0.2) is 6.07 Å². The number of nitrogen functional groups attached to an aromatic ring is 1. The number of rotatable bonds is 2. The van der Waals surface area contributed by atoms with Crippen molar-refractivity contribution in [3.05, 3.63) is 11.9 Å². The minimum Gasteiger partial charge on any atom is -0.368 e. The minimum atomic E-state index is 0.266. The van der Waals surface area contributed by atoms with Crippen molar-refractivity contribution in [1.82, 2.24) is 34.9 Å². The molecule has 0 aliphatic carbocycles. The fourth-order valence-electron chi connectivity index (χ4n) is 2.94. The highest BCUT2D eigenvalue weighted by molar-refractivity contribution is 5.58. The number of hydrogen-bond acceptors (Lipinski definition) is 8. The largest absolute Gasteiger partial charge is 0.368 e. The highest BCUT2D eigenvalue weighted by Crippen LogP contribution is 2.22. The molecule has 0 radical (unpaired) electrons. The third-order valence-electron chi connectivity index (χ3n) is 4.32. The lowest BCUT2D eigenvalue weighted by Crippen LogP contribution is -2.44. The smallest absolute Gasteiger partial charge is 0.222 e. The second-order valence-corrected chi connectivity index (χ2v) is 6.01. The molecule has 4 heterocycles. The van der Waals surface area contributed by atoms with Gasteiger partial charge in [-0.05, 0) is 7.05 Å². The summed E-state index contributed by atoms with van der Waals surface area (Å²) in [5.41, 5.74) is 6.61. The number of hydrogen-bond donors (Lipinski definition) is 2. The molecule has 9 heteroatoms. The van der Waals surface area contributed by atoms with E-state index in [1.807, 2.05) is 10.7 Å². The zero-order valence-electron chi connectivity index (χ0n) is 13.2. The van der Waals surface area contributed by atoms with Gasteiger partial charge in [-0.15, -0.1) is 5.10 Å². The molecular formula is C14H21N9. The third-order valence-corrected chi connectivity index (χ3v) is 4.32. The molecule has 0 amide bonds. The summed E-state index contributed by atoms with van der Waals surface area (Å²) in [7, 11) is 2.13. The summed E-state index contributed by atoms with van der Waals surface area (Å²) in [5.74, 6) is 2.67. The number of fused-ring (bicyclic) bond motifs is 1. The lowest BCUT2D eigenvalue weighted by Gasteiger charge is -2.33. The Morgan fingerprint density at radius 1 is 1.09 bits per heavy atom. The summed E-state index contributed by atoms with van der Waals surface area (Å²) >= 11 is 0. The average Bonchev–Trinajstić information content (AvgIpc) is 2.99. The Hall–Kier alpha value is -2.26. The van der Waals surface area contributed by atoms with Crippen molar-refractivity contribution in [3.8, 4) is 11.5 Å². The molecule has 2 aromatic rings. The number of likely N-dealkylation sites (N-methyl/N-ethyl adjacent to an activating group) is 1. The maximum atomic E-state index is 5.92. The van der Waals surface area contributed by atoms with Gasteiger partial charge in [0.1, 0.15) is 17.3 Å². The lowest BCUT2D eigenvalue weighted by molar-refractivity contribution is 0.312. The van der Waals surface area contributed by atoms with Gasteiger partial charge in [-0.2, -0.15) is 4.98 Å². The van der Waals surface area contributed by atoms with E-state index < -0.39 is 0 Å². The molecule has 0 aromatic carbocycles. The van der Waals surface area contributed by atoms with Gasteiger partial charge in [0.05, 0.1) is 13.1 Å². The first-order chi connectivity index (χ1) is 11.2. The van der Waals surface area contributed by atoms with Crippen LogP contribution in [-0.2, 0) is 13.1 Å². The summed E-state index contributed by atoms with van der Waals surface area (Å²) in [6, 6.07) is 1.94. The summed E-state index contributed by atoms with van der Waals surface area (Å²) in [6.07, 6.45) is 0. The number of nitrogens with one attached hydrogen (secondary N) is 1. The van der Waals surface area contributed by atoms with E-state index in [0.29, 0.717) is 11.5 Å². The quantitative estimate of drug-likeness (QED) is 0.741. The zero-order chi connectivity index (χ0) is 15.8. The molecule has 1 fully saturated rings. The van der Waals surface area contributed by atoms with Crippen molar-refractivity contribution in [2.24, 2.45) is 0 Å². The van der Waals surface area contributed by atoms with Crippen molar-refractivity contribution < 1.29 is 0 Å². The normalized spacial score (nSPS) is 18.9. The van der Waals surface area contributed by atoms with Crippen LogP contribution in [0.5, 0.6) is 0 Å². The summed E-state index contributed by atoms with van der Waals surface area (Å²) in [6.45, 7) is 6.37. The monoisotopic (exact) mass is 315 g/mol. The van der Waals surface area contributed by atoms with Gasteiger partial charge in [0.2, 0.25) is 5.95 Å². The van der Waals surface area contributed by atoms with Gasteiger partial charge in [-0.3, -0.25) is 0 Å². The molecule has 0 unspecified atom stereocenters. The standard InChI is InChI=1S/C14H21N9/c1-21-4-6-22(7-5-21)11-8-10(17-14(15)19-11)13-18-12-9-16-2-3-23(12)20-13/h8,16H,2-7,9H2,1H3,(H2,15,17,19). The van der Waals surface area contributed by atoms with Crippen molar-refractivity contribution >= 4 is 11.8 Å². The van der Waals surface area contributed by atoms with E-state index in [2.05, 4.69) is 42.2 Å². The minimum absolute atomic E-state index is 0.266. The second-order valence-electron chi connectivity index (χ2n) is 6.01. The molecule has 1 saturated heterocycles. The van der Waals surface area contributed by atoms with Gasteiger partial charge in [-0.25, -0.2) is 14.6 Å². The molecule has 2 aliphatic heterocycles. The van der Waals surface area contributed by atoms with E-state index >= 15 is 0 Å². The van der Waals surface area contributed by atoms with E-state index in [1.54, 1.807) is 0 Å². The van der Waals surface area contributed by atoms with Crippen molar-refractivity contribution in [2.75, 3.05) is 50.4 Å². The fraction of sp³-hybridized carbons (Fsp3) is 0.571. The van der Waals surface area contributed by atoms with Gasteiger partial charge < -0.3 is 20.9 Å². The van der Waals surface area contributed by atoms with Crippen LogP contribution >= 0.6 is 0 Å². The van der Waals surface area contributed by atoms with E-state index in [1.165, 1.54) is 0 Å². The van der Waals surface area contributed by atoms with Crippen LogP contribution < -0.4 is 16.0 Å². The van der Waals surface area contributed by atoms with Crippen LogP contribution in [0.2, 0.25) is 0 Å². The van der Waals surface area contributed by atoms with Gasteiger partial charge >= 0.3 is 0 Å². The predicted molar refractivity (Wildman–Crippen MR) is 86.9 cm³/mol. The van der Waals surface area contributed by atoms with Gasteiger partial charge in [-0.1, -0.05) is 0 Å². The zero-order valence-corrected chi connectivity index (χ0v) is 13.2. The van der Waals surface area contributed by atoms with Crippen LogP contribution in [0, 0.1) is 0 Å². The first kappa shape index (κ1) is 14.3. The first-order valence-electron chi connectivity index (χ1n) is 7.92. The van der Waals surface area contributed by atoms with Crippen LogP contribution in [-0.4, -0.2) is 69.4 Å². The maximum absolute atomic E-state index is 5.92. The molecule has 2 aromatic heterocycles. The highest BCUT2D eigenvalue weighted by atomic mass is 15.4. The molecule has 23 heavy (non-hydrogen) atoms. The Morgan fingerprint density at radius 3 is 2.70 bits per heavy atom. The molecule has 9 nitrogen and oxygen atoms in total. The molecule has 0 spiro atoms. The van der Waals surface area contributed by atoms with Crippen LogP contribution in [0.4, 0.5) is 11.8 Å². The highest BCUT2D eigenvalue weighted by Gasteiger charge is 2.20. The number of piperazine rings is 1. The van der Waals surface area contributed by atoms with Crippen molar-refractivity contribution in [2.45, 2.75) is 13.1 Å². The molecule has 3 N–H and O–H groups in total. The summed E-state index contributed by atoms with van der Waals surface area (Å²) < 4.78 is 1.93. The van der Waals surface area contributed by atoms with Gasteiger partial charge in [0, 0.05) is 38.8 Å². The molecular weight excluding hydrogens is 294 g/mol. The number of anilines is 2. The Kier molecular flexibility index (Phi) is 3.58. The van der Waals surface area contributed by atoms with E-state index in [-0.39, 0.29) is 5.95 Å². The van der Waals surface area contributed by atoms with Crippen LogP contribution in [0.1, 0.15) is 5.82 Å². The number of nitrogens with zero attached hydrogens (tertiary/aromatic N) is 7. The molecule has 0 bridgehead atoms. The molecule has 0 atom stereocenters. The van der Waals surface area contributed by atoms with E-state index in [9.17, 15) is 0 Å². The Labute approximate surface area is 134 Å². The maximum Gasteiger partial charge on any atom is 0.222 e. The molecule has 122 valence electrons.